The first-order valence-corrected chi connectivity index (χ1v) is 7.63. The summed E-state index contributed by atoms with van der Waals surface area (Å²) in [7, 11) is 1.95. The van der Waals surface area contributed by atoms with Crippen LogP contribution in [0.3, 0.4) is 0 Å². The Balaban J connectivity index is 2.33. The zero-order chi connectivity index (χ0) is 14.4. The molecule has 0 fully saturated rings. The first-order chi connectivity index (χ1) is 9.80. The van der Waals surface area contributed by atoms with Crippen LogP contribution in [-0.2, 0) is 0 Å². The lowest BCUT2D eigenvalue weighted by Gasteiger charge is -2.17. The number of aromatic nitrogens is 1. The van der Waals surface area contributed by atoms with Crippen LogP contribution in [0.15, 0.2) is 29.9 Å². The van der Waals surface area contributed by atoms with E-state index in [0.717, 1.165) is 17.1 Å². The molecule has 0 bridgehead atoms. The van der Waals surface area contributed by atoms with Gasteiger partial charge in [-0.2, -0.15) is 0 Å². The first-order valence-electron chi connectivity index (χ1n) is 6.75. The van der Waals surface area contributed by atoms with E-state index in [0.29, 0.717) is 13.2 Å². The molecular formula is C15H20N2O2S. The minimum atomic E-state index is 0.123. The van der Waals surface area contributed by atoms with Gasteiger partial charge in [0.05, 0.1) is 24.8 Å². The van der Waals surface area contributed by atoms with E-state index < -0.39 is 0 Å². The maximum Gasteiger partial charge on any atom is 0.161 e. The van der Waals surface area contributed by atoms with Gasteiger partial charge in [-0.1, -0.05) is 6.07 Å². The van der Waals surface area contributed by atoms with Gasteiger partial charge < -0.3 is 14.8 Å². The van der Waals surface area contributed by atoms with Gasteiger partial charge in [-0.25, -0.2) is 0 Å². The van der Waals surface area contributed by atoms with Crippen molar-refractivity contribution in [1.82, 2.24) is 10.3 Å². The summed E-state index contributed by atoms with van der Waals surface area (Å²) >= 11 is 1.64. The SMILES string of the molecule is CCOc1ccc(C(NC)c2cncs2)cc1OCC. The number of hydrogen-bond acceptors (Lipinski definition) is 5. The van der Waals surface area contributed by atoms with E-state index in [1.165, 1.54) is 4.88 Å². The van der Waals surface area contributed by atoms with Crippen LogP contribution in [0, 0.1) is 0 Å². The number of hydrogen-bond donors (Lipinski definition) is 1. The van der Waals surface area contributed by atoms with Crippen molar-refractivity contribution in [2.75, 3.05) is 20.3 Å². The van der Waals surface area contributed by atoms with Gasteiger partial charge >= 0.3 is 0 Å². The summed E-state index contributed by atoms with van der Waals surface area (Å²) < 4.78 is 11.3. The topological polar surface area (TPSA) is 43.4 Å². The molecule has 108 valence electrons. The van der Waals surface area contributed by atoms with Crippen molar-refractivity contribution in [3.8, 4) is 11.5 Å². The molecule has 1 unspecified atom stereocenters. The van der Waals surface area contributed by atoms with Crippen LogP contribution in [0.25, 0.3) is 0 Å². The van der Waals surface area contributed by atoms with Crippen LogP contribution < -0.4 is 14.8 Å². The molecule has 4 nitrogen and oxygen atoms in total. The summed E-state index contributed by atoms with van der Waals surface area (Å²) in [5, 5.41) is 3.32. The third-order valence-corrected chi connectivity index (χ3v) is 3.77. The normalized spacial score (nSPS) is 12.2. The second-order valence-electron chi connectivity index (χ2n) is 4.20. The summed E-state index contributed by atoms with van der Waals surface area (Å²) in [5.74, 6) is 1.58. The van der Waals surface area contributed by atoms with E-state index >= 15 is 0 Å². The lowest BCUT2D eigenvalue weighted by atomic mass is 10.1. The summed E-state index contributed by atoms with van der Waals surface area (Å²) in [6.45, 7) is 5.19. The lowest BCUT2D eigenvalue weighted by molar-refractivity contribution is 0.287. The molecule has 0 aliphatic carbocycles. The molecule has 0 saturated heterocycles. The number of rotatable bonds is 7. The molecule has 0 aliphatic heterocycles. The molecule has 20 heavy (non-hydrogen) atoms. The van der Waals surface area contributed by atoms with Crippen molar-refractivity contribution in [2.45, 2.75) is 19.9 Å². The van der Waals surface area contributed by atoms with Crippen LogP contribution in [0.2, 0.25) is 0 Å². The summed E-state index contributed by atoms with van der Waals surface area (Å²) in [4.78, 5) is 5.32. The molecule has 5 heteroatoms. The molecule has 0 spiro atoms. The summed E-state index contributed by atoms with van der Waals surface area (Å²) in [6.07, 6.45) is 1.89. The van der Waals surface area contributed by atoms with Crippen molar-refractivity contribution in [3.05, 3.63) is 40.3 Å². The van der Waals surface area contributed by atoms with Crippen molar-refractivity contribution in [3.63, 3.8) is 0 Å². The molecule has 0 radical (unpaired) electrons. The first kappa shape index (κ1) is 14.8. The smallest absolute Gasteiger partial charge is 0.161 e. The molecule has 2 aromatic rings. The largest absolute Gasteiger partial charge is 0.490 e. The Labute approximate surface area is 123 Å². The Kier molecular flexibility index (Phi) is 5.38. The summed E-state index contributed by atoms with van der Waals surface area (Å²) in [5.41, 5.74) is 2.99. The van der Waals surface area contributed by atoms with Crippen molar-refractivity contribution in [2.24, 2.45) is 0 Å². The lowest BCUT2D eigenvalue weighted by Crippen LogP contribution is -2.16. The molecule has 0 amide bonds. The molecule has 1 aromatic carbocycles. The molecule has 2 rings (SSSR count). The Morgan fingerprint density at radius 1 is 1.20 bits per heavy atom. The highest BCUT2D eigenvalue weighted by Crippen LogP contribution is 2.33. The minimum absolute atomic E-state index is 0.123. The van der Waals surface area contributed by atoms with E-state index in [9.17, 15) is 0 Å². The van der Waals surface area contributed by atoms with Gasteiger partial charge in [0.1, 0.15) is 0 Å². The quantitative estimate of drug-likeness (QED) is 0.850. The second-order valence-corrected chi connectivity index (χ2v) is 5.12. The number of thiazole rings is 1. The number of nitrogens with zero attached hydrogens (tertiary/aromatic N) is 1. The van der Waals surface area contributed by atoms with Gasteiger partial charge in [-0.15, -0.1) is 11.3 Å². The summed E-state index contributed by atoms with van der Waals surface area (Å²) in [6, 6.07) is 6.19. The van der Waals surface area contributed by atoms with E-state index in [1.54, 1.807) is 11.3 Å². The van der Waals surface area contributed by atoms with E-state index in [-0.39, 0.29) is 6.04 Å². The Hall–Kier alpha value is -1.59. The van der Waals surface area contributed by atoms with Gasteiger partial charge in [-0.05, 0) is 38.6 Å². The van der Waals surface area contributed by atoms with Crippen LogP contribution >= 0.6 is 11.3 Å². The minimum Gasteiger partial charge on any atom is -0.490 e. The third kappa shape index (κ3) is 3.29. The number of ether oxygens (including phenoxy) is 2. The van der Waals surface area contributed by atoms with E-state index in [1.807, 2.05) is 44.7 Å². The Morgan fingerprint density at radius 2 is 1.95 bits per heavy atom. The van der Waals surface area contributed by atoms with Crippen molar-refractivity contribution in [1.29, 1.82) is 0 Å². The molecular weight excluding hydrogens is 272 g/mol. The van der Waals surface area contributed by atoms with Crippen LogP contribution in [0.5, 0.6) is 11.5 Å². The molecule has 1 heterocycles. The fraction of sp³-hybridized carbons (Fsp3) is 0.400. The molecule has 1 atom stereocenters. The van der Waals surface area contributed by atoms with Gasteiger partial charge in [0.15, 0.2) is 11.5 Å². The fourth-order valence-electron chi connectivity index (χ4n) is 2.09. The van der Waals surface area contributed by atoms with E-state index in [4.69, 9.17) is 9.47 Å². The average molecular weight is 292 g/mol. The number of nitrogens with one attached hydrogen (secondary N) is 1. The second kappa shape index (κ2) is 7.26. The maximum absolute atomic E-state index is 5.68. The zero-order valence-corrected chi connectivity index (χ0v) is 12.9. The standard InChI is InChI=1S/C15H20N2O2S/c1-4-18-12-7-6-11(8-13(12)19-5-2)15(16-3)14-9-17-10-20-14/h6-10,15-16H,4-5H2,1-3H3. The van der Waals surface area contributed by atoms with Crippen molar-refractivity contribution >= 4 is 11.3 Å². The maximum atomic E-state index is 5.68. The highest BCUT2D eigenvalue weighted by molar-refractivity contribution is 7.09. The van der Waals surface area contributed by atoms with E-state index in [2.05, 4.69) is 16.4 Å². The van der Waals surface area contributed by atoms with Crippen molar-refractivity contribution < 1.29 is 9.47 Å². The van der Waals surface area contributed by atoms with Crippen LogP contribution in [0.1, 0.15) is 30.3 Å². The van der Waals surface area contributed by atoms with Gasteiger partial charge in [0.2, 0.25) is 0 Å². The van der Waals surface area contributed by atoms with Gasteiger partial charge in [-0.3, -0.25) is 4.98 Å². The fourth-order valence-corrected chi connectivity index (χ4v) is 2.84. The van der Waals surface area contributed by atoms with Gasteiger partial charge in [0.25, 0.3) is 0 Å². The Bertz CT molecular complexity index is 529. The predicted octanol–water partition coefficient (Wildman–Crippen LogP) is 3.25. The monoisotopic (exact) mass is 292 g/mol. The molecule has 0 aliphatic rings. The predicted molar refractivity (Wildman–Crippen MR) is 81.8 cm³/mol. The van der Waals surface area contributed by atoms with Crippen LogP contribution in [-0.4, -0.2) is 25.2 Å². The number of benzene rings is 1. The molecule has 1 aromatic heterocycles. The highest BCUT2D eigenvalue weighted by Gasteiger charge is 2.16. The molecule has 0 saturated carbocycles. The zero-order valence-electron chi connectivity index (χ0n) is 12.1. The van der Waals surface area contributed by atoms with Crippen LogP contribution in [0.4, 0.5) is 0 Å². The average Bonchev–Trinajstić information content (AvgIpc) is 2.97. The highest BCUT2D eigenvalue weighted by atomic mass is 32.1. The molecule has 1 N–H and O–H groups in total. The third-order valence-electron chi connectivity index (χ3n) is 2.93. The van der Waals surface area contributed by atoms with Gasteiger partial charge in [0, 0.05) is 11.1 Å². The Morgan fingerprint density at radius 3 is 2.55 bits per heavy atom.